The maximum Gasteiger partial charge on any atom is 0.113 e. The molecule has 2 heterocycles. The van der Waals surface area contributed by atoms with Crippen LogP contribution >= 0.6 is 0 Å². The molecular formula is C16H26N4. The second kappa shape index (κ2) is 6.35. The van der Waals surface area contributed by atoms with E-state index in [9.17, 15) is 0 Å². The molecule has 2 N–H and O–H groups in total. The summed E-state index contributed by atoms with van der Waals surface area (Å²) < 4.78 is 2.34. The number of rotatable bonds is 6. The lowest BCUT2D eigenvalue weighted by Gasteiger charge is -2.18. The smallest absolute Gasteiger partial charge is 0.113 e. The van der Waals surface area contributed by atoms with Gasteiger partial charge in [-0.25, -0.2) is 4.98 Å². The molecule has 4 heteroatoms. The average Bonchev–Trinajstić information content (AvgIpc) is 2.77. The Labute approximate surface area is 121 Å². The van der Waals surface area contributed by atoms with Crippen molar-refractivity contribution in [1.82, 2.24) is 14.5 Å². The first-order chi connectivity index (χ1) is 9.50. The third-order valence-electron chi connectivity index (χ3n) is 3.77. The minimum absolute atomic E-state index is 0.287. The minimum atomic E-state index is 0.287. The molecule has 0 amide bonds. The fourth-order valence-electron chi connectivity index (χ4n) is 2.73. The SMILES string of the molecule is CC(N)CCCC(C)c1nc2cnccc2n1C(C)C. The summed E-state index contributed by atoms with van der Waals surface area (Å²) in [6.45, 7) is 8.74. The molecule has 0 aromatic carbocycles. The first-order valence-corrected chi connectivity index (χ1v) is 7.58. The van der Waals surface area contributed by atoms with E-state index in [4.69, 9.17) is 10.7 Å². The minimum Gasteiger partial charge on any atom is -0.328 e. The van der Waals surface area contributed by atoms with Crippen molar-refractivity contribution in [3.05, 3.63) is 24.3 Å². The van der Waals surface area contributed by atoms with Crippen molar-refractivity contribution < 1.29 is 0 Å². The molecule has 110 valence electrons. The Bertz CT molecular complexity index is 557. The Morgan fingerprint density at radius 1 is 1.20 bits per heavy atom. The van der Waals surface area contributed by atoms with E-state index in [0.29, 0.717) is 12.0 Å². The van der Waals surface area contributed by atoms with Crippen molar-refractivity contribution >= 4 is 11.0 Å². The summed E-state index contributed by atoms with van der Waals surface area (Å²) in [5, 5.41) is 0. The van der Waals surface area contributed by atoms with Crippen LogP contribution < -0.4 is 5.73 Å². The maximum atomic E-state index is 5.83. The van der Waals surface area contributed by atoms with Crippen LogP contribution in [0.25, 0.3) is 11.0 Å². The number of hydrogen-bond donors (Lipinski definition) is 1. The molecule has 0 fully saturated rings. The van der Waals surface area contributed by atoms with Crippen LogP contribution in [-0.2, 0) is 0 Å². The van der Waals surface area contributed by atoms with Gasteiger partial charge in [0.15, 0.2) is 0 Å². The van der Waals surface area contributed by atoms with Gasteiger partial charge in [-0.2, -0.15) is 0 Å². The molecule has 0 aliphatic rings. The lowest BCUT2D eigenvalue weighted by molar-refractivity contribution is 0.504. The zero-order valence-corrected chi connectivity index (χ0v) is 13.0. The molecule has 20 heavy (non-hydrogen) atoms. The molecule has 0 bridgehead atoms. The van der Waals surface area contributed by atoms with E-state index < -0.39 is 0 Å². The molecule has 0 aliphatic heterocycles. The standard InChI is InChI=1S/C16H26N4/c1-11(2)20-15-8-9-18-10-14(15)19-16(20)12(3)6-5-7-13(4)17/h8-13H,5-7,17H2,1-4H3. The van der Waals surface area contributed by atoms with Gasteiger partial charge in [-0.15, -0.1) is 0 Å². The third kappa shape index (κ3) is 3.18. The van der Waals surface area contributed by atoms with Crippen molar-refractivity contribution in [3.63, 3.8) is 0 Å². The molecular weight excluding hydrogens is 248 g/mol. The highest BCUT2D eigenvalue weighted by molar-refractivity contribution is 5.75. The quantitative estimate of drug-likeness (QED) is 0.875. The molecule has 2 rings (SSSR count). The van der Waals surface area contributed by atoms with E-state index in [1.54, 1.807) is 0 Å². The number of aromatic nitrogens is 3. The van der Waals surface area contributed by atoms with Gasteiger partial charge in [0, 0.05) is 24.2 Å². The molecule has 0 radical (unpaired) electrons. The van der Waals surface area contributed by atoms with Gasteiger partial charge in [-0.05, 0) is 39.7 Å². The molecule has 2 unspecified atom stereocenters. The Kier molecular flexibility index (Phi) is 4.76. The zero-order chi connectivity index (χ0) is 14.7. The van der Waals surface area contributed by atoms with E-state index in [1.807, 2.05) is 12.4 Å². The normalized spacial score (nSPS) is 14.9. The van der Waals surface area contributed by atoms with E-state index >= 15 is 0 Å². The largest absolute Gasteiger partial charge is 0.328 e. The highest BCUT2D eigenvalue weighted by Crippen LogP contribution is 2.28. The fourth-order valence-corrected chi connectivity index (χ4v) is 2.73. The number of nitrogens with two attached hydrogens (primary N) is 1. The number of hydrogen-bond acceptors (Lipinski definition) is 3. The summed E-state index contributed by atoms with van der Waals surface area (Å²) in [4.78, 5) is 8.98. The van der Waals surface area contributed by atoms with Crippen LogP contribution in [0.5, 0.6) is 0 Å². The Morgan fingerprint density at radius 3 is 2.60 bits per heavy atom. The van der Waals surface area contributed by atoms with E-state index in [-0.39, 0.29) is 6.04 Å². The van der Waals surface area contributed by atoms with Crippen molar-refractivity contribution in [2.75, 3.05) is 0 Å². The Hall–Kier alpha value is -1.42. The van der Waals surface area contributed by atoms with Gasteiger partial charge in [0.2, 0.25) is 0 Å². The topological polar surface area (TPSA) is 56.7 Å². The van der Waals surface area contributed by atoms with Crippen molar-refractivity contribution in [1.29, 1.82) is 0 Å². The Balaban J connectivity index is 2.26. The van der Waals surface area contributed by atoms with E-state index in [1.165, 1.54) is 11.3 Å². The summed E-state index contributed by atoms with van der Waals surface area (Å²) in [6.07, 6.45) is 7.05. The number of nitrogens with zero attached hydrogens (tertiary/aromatic N) is 3. The van der Waals surface area contributed by atoms with Crippen LogP contribution in [0.4, 0.5) is 0 Å². The van der Waals surface area contributed by atoms with Crippen molar-refractivity contribution in [2.45, 2.75) is 65.0 Å². The predicted molar refractivity (Wildman–Crippen MR) is 83.8 cm³/mol. The van der Waals surface area contributed by atoms with Crippen LogP contribution in [0, 0.1) is 0 Å². The van der Waals surface area contributed by atoms with E-state index in [0.717, 1.165) is 24.8 Å². The summed E-state index contributed by atoms with van der Waals surface area (Å²) >= 11 is 0. The number of imidazole rings is 1. The van der Waals surface area contributed by atoms with Gasteiger partial charge < -0.3 is 10.3 Å². The van der Waals surface area contributed by atoms with Crippen LogP contribution in [0.15, 0.2) is 18.5 Å². The molecule has 2 aromatic heterocycles. The third-order valence-corrected chi connectivity index (χ3v) is 3.77. The molecule has 0 aliphatic carbocycles. The van der Waals surface area contributed by atoms with Crippen molar-refractivity contribution in [3.8, 4) is 0 Å². The van der Waals surface area contributed by atoms with Gasteiger partial charge >= 0.3 is 0 Å². The van der Waals surface area contributed by atoms with E-state index in [2.05, 4.69) is 43.3 Å². The highest BCUT2D eigenvalue weighted by Gasteiger charge is 2.18. The maximum absolute atomic E-state index is 5.83. The summed E-state index contributed by atoms with van der Waals surface area (Å²) in [5.74, 6) is 1.62. The molecule has 0 saturated carbocycles. The number of pyridine rings is 1. The lowest BCUT2D eigenvalue weighted by Crippen LogP contribution is -2.15. The summed E-state index contributed by atoms with van der Waals surface area (Å²) in [7, 11) is 0. The lowest BCUT2D eigenvalue weighted by atomic mass is 10.0. The first-order valence-electron chi connectivity index (χ1n) is 7.58. The van der Waals surface area contributed by atoms with Gasteiger partial charge in [-0.3, -0.25) is 4.98 Å². The first kappa shape index (κ1) is 15.0. The summed E-state index contributed by atoms with van der Waals surface area (Å²) in [5.41, 5.74) is 8.01. The monoisotopic (exact) mass is 274 g/mol. The molecule has 2 atom stereocenters. The average molecular weight is 274 g/mol. The predicted octanol–water partition coefficient (Wildman–Crippen LogP) is 3.63. The molecule has 2 aromatic rings. The van der Waals surface area contributed by atoms with Gasteiger partial charge in [0.25, 0.3) is 0 Å². The van der Waals surface area contributed by atoms with Crippen LogP contribution in [0.1, 0.15) is 64.7 Å². The Morgan fingerprint density at radius 2 is 1.95 bits per heavy atom. The van der Waals surface area contributed by atoms with Crippen LogP contribution in [0.3, 0.4) is 0 Å². The van der Waals surface area contributed by atoms with Gasteiger partial charge in [-0.1, -0.05) is 13.3 Å². The molecule has 4 nitrogen and oxygen atoms in total. The second-order valence-electron chi connectivity index (χ2n) is 6.11. The van der Waals surface area contributed by atoms with Crippen LogP contribution in [-0.4, -0.2) is 20.6 Å². The second-order valence-corrected chi connectivity index (χ2v) is 6.11. The van der Waals surface area contributed by atoms with Crippen molar-refractivity contribution in [2.24, 2.45) is 5.73 Å². The summed E-state index contributed by atoms with van der Waals surface area (Å²) in [6, 6.07) is 2.75. The molecule has 0 spiro atoms. The number of fused-ring (bicyclic) bond motifs is 1. The van der Waals surface area contributed by atoms with Crippen LogP contribution in [0.2, 0.25) is 0 Å². The van der Waals surface area contributed by atoms with Gasteiger partial charge in [0.05, 0.1) is 11.7 Å². The fraction of sp³-hybridized carbons (Fsp3) is 0.625. The van der Waals surface area contributed by atoms with Gasteiger partial charge in [0.1, 0.15) is 11.3 Å². The highest BCUT2D eigenvalue weighted by atomic mass is 15.1. The zero-order valence-electron chi connectivity index (χ0n) is 13.0. The molecule has 0 saturated heterocycles.